The number of hydrogen-bond donors (Lipinski definition) is 2. The molecule has 1 amide bonds. The number of nitrogens with zero attached hydrogens (tertiary/aromatic N) is 2. The summed E-state index contributed by atoms with van der Waals surface area (Å²) in [5, 5.41) is 10.4. The number of methoxy groups -OCH3 is 2. The highest BCUT2D eigenvalue weighted by molar-refractivity contribution is 7.13. The molecule has 0 radical (unpaired) electrons. The zero-order chi connectivity index (χ0) is 21.9. The summed E-state index contributed by atoms with van der Waals surface area (Å²) >= 11 is 1.51. The van der Waals surface area contributed by atoms with Crippen molar-refractivity contribution in [1.82, 2.24) is 15.3 Å². The molecule has 0 unspecified atom stereocenters. The van der Waals surface area contributed by atoms with Gasteiger partial charge in [0, 0.05) is 22.2 Å². The first-order valence-electron chi connectivity index (χ1n) is 9.40. The van der Waals surface area contributed by atoms with Crippen LogP contribution in [0.5, 0.6) is 11.5 Å². The lowest BCUT2D eigenvalue weighted by molar-refractivity contribution is 0.0523. The highest BCUT2D eigenvalue weighted by Crippen LogP contribution is 2.38. The minimum absolute atomic E-state index is 0.185. The van der Waals surface area contributed by atoms with Gasteiger partial charge in [0.2, 0.25) is 0 Å². The van der Waals surface area contributed by atoms with Gasteiger partial charge in [0.1, 0.15) is 17.1 Å². The normalized spacial score (nSPS) is 11.3. The van der Waals surface area contributed by atoms with Crippen LogP contribution in [0.4, 0.5) is 15.6 Å². The molecule has 0 bridgehead atoms. The average Bonchev–Trinajstić information content (AvgIpc) is 3.09. The molecule has 0 fully saturated rings. The Morgan fingerprint density at radius 1 is 1.20 bits per heavy atom. The second-order valence-corrected chi connectivity index (χ2v) is 8.50. The van der Waals surface area contributed by atoms with Gasteiger partial charge in [-0.05, 0) is 33.8 Å². The first-order valence-corrected chi connectivity index (χ1v) is 10.3. The fourth-order valence-corrected chi connectivity index (χ4v) is 3.59. The molecule has 9 heteroatoms. The van der Waals surface area contributed by atoms with Gasteiger partial charge < -0.3 is 24.8 Å². The van der Waals surface area contributed by atoms with E-state index in [0.717, 1.165) is 27.3 Å². The predicted octanol–water partition coefficient (Wildman–Crippen LogP) is 4.79. The van der Waals surface area contributed by atoms with Crippen LogP contribution in [0.15, 0.2) is 23.7 Å². The van der Waals surface area contributed by atoms with Crippen LogP contribution >= 0.6 is 11.3 Å². The van der Waals surface area contributed by atoms with E-state index in [1.165, 1.54) is 11.3 Å². The number of benzene rings is 1. The molecule has 3 aromatic rings. The van der Waals surface area contributed by atoms with Gasteiger partial charge in [0.25, 0.3) is 0 Å². The summed E-state index contributed by atoms with van der Waals surface area (Å²) in [7, 11) is 3.19. The molecule has 160 valence electrons. The van der Waals surface area contributed by atoms with Crippen molar-refractivity contribution in [3.8, 4) is 11.5 Å². The van der Waals surface area contributed by atoms with Crippen molar-refractivity contribution in [1.29, 1.82) is 0 Å². The lowest BCUT2D eigenvalue weighted by Gasteiger charge is -2.20. The number of rotatable bonds is 6. The molecule has 3 rings (SSSR count). The van der Waals surface area contributed by atoms with Gasteiger partial charge in [-0.3, -0.25) is 4.98 Å². The van der Waals surface area contributed by atoms with Gasteiger partial charge in [0.05, 0.1) is 44.0 Å². The minimum atomic E-state index is -0.579. The molecular weight excluding hydrogens is 404 g/mol. The molecule has 0 saturated carbocycles. The molecule has 0 atom stereocenters. The van der Waals surface area contributed by atoms with E-state index >= 15 is 0 Å². The Balaban J connectivity index is 2.01. The van der Waals surface area contributed by atoms with Gasteiger partial charge in [-0.2, -0.15) is 0 Å². The van der Waals surface area contributed by atoms with E-state index in [9.17, 15) is 4.79 Å². The third kappa shape index (κ3) is 5.10. The van der Waals surface area contributed by atoms with Crippen molar-refractivity contribution in [2.24, 2.45) is 0 Å². The number of pyridine rings is 1. The second kappa shape index (κ2) is 8.74. The molecule has 8 nitrogen and oxygen atoms in total. The van der Waals surface area contributed by atoms with Gasteiger partial charge in [-0.15, -0.1) is 11.3 Å². The number of carbonyl (C=O) groups is 1. The summed E-state index contributed by atoms with van der Waals surface area (Å²) in [6.45, 7) is 7.57. The molecule has 1 aromatic carbocycles. The molecule has 0 spiro atoms. The van der Waals surface area contributed by atoms with Crippen molar-refractivity contribution >= 4 is 39.0 Å². The Labute approximate surface area is 179 Å². The van der Waals surface area contributed by atoms with Crippen molar-refractivity contribution in [2.75, 3.05) is 19.5 Å². The zero-order valence-electron chi connectivity index (χ0n) is 18.0. The Morgan fingerprint density at radius 2 is 1.97 bits per heavy atom. The standard InChI is InChI=1S/C21H26N4O4S/c1-12-11-30-19(24-12)25-15-9-22-16(10-23-20(26)29-21(2,3)4)18-14(15)7-13(27-5)8-17(18)28-6/h7-9,11H,10H2,1-6H3,(H,23,26)(H,24,25). The van der Waals surface area contributed by atoms with Crippen LogP contribution in [0.1, 0.15) is 32.2 Å². The minimum Gasteiger partial charge on any atom is -0.497 e. The fraction of sp³-hybridized carbons (Fsp3) is 0.381. The zero-order valence-corrected chi connectivity index (χ0v) is 18.8. The molecule has 30 heavy (non-hydrogen) atoms. The molecule has 0 aliphatic rings. The van der Waals surface area contributed by atoms with E-state index in [2.05, 4.69) is 20.6 Å². The van der Waals surface area contributed by atoms with Gasteiger partial charge in [-0.25, -0.2) is 9.78 Å². The van der Waals surface area contributed by atoms with Gasteiger partial charge in [-0.1, -0.05) is 0 Å². The molecule has 2 N–H and O–H groups in total. The number of anilines is 2. The molecule has 0 aliphatic carbocycles. The quantitative estimate of drug-likeness (QED) is 0.581. The Hall–Kier alpha value is -3.07. The summed E-state index contributed by atoms with van der Waals surface area (Å²) in [5.74, 6) is 1.24. The van der Waals surface area contributed by atoms with Crippen LogP contribution in [0.3, 0.4) is 0 Å². The number of hydrogen-bond acceptors (Lipinski definition) is 8. The van der Waals surface area contributed by atoms with E-state index in [1.54, 1.807) is 26.5 Å². The van der Waals surface area contributed by atoms with Crippen molar-refractivity contribution in [2.45, 2.75) is 39.8 Å². The van der Waals surface area contributed by atoms with Crippen molar-refractivity contribution in [3.05, 3.63) is 35.1 Å². The van der Waals surface area contributed by atoms with Crippen LogP contribution in [-0.4, -0.2) is 35.9 Å². The maximum Gasteiger partial charge on any atom is 0.407 e. The topological polar surface area (TPSA) is 94.6 Å². The number of alkyl carbamates (subject to hydrolysis) is 1. The Kier molecular flexibility index (Phi) is 6.31. The molecule has 2 heterocycles. The van der Waals surface area contributed by atoms with Crippen LogP contribution in [0, 0.1) is 6.92 Å². The third-order valence-electron chi connectivity index (χ3n) is 4.12. The van der Waals surface area contributed by atoms with E-state index in [4.69, 9.17) is 14.2 Å². The number of amides is 1. The van der Waals surface area contributed by atoms with E-state index in [-0.39, 0.29) is 6.54 Å². The lowest BCUT2D eigenvalue weighted by atomic mass is 10.1. The van der Waals surface area contributed by atoms with E-state index in [1.807, 2.05) is 39.1 Å². The van der Waals surface area contributed by atoms with Crippen LogP contribution < -0.4 is 20.1 Å². The number of aryl methyl sites for hydroxylation is 1. The molecule has 0 saturated heterocycles. The number of carbonyl (C=O) groups excluding carboxylic acids is 1. The number of aromatic nitrogens is 2. The fourth-order valence-electron chi connectivity index (χ4n) is 2.89. The highest BCUT2D eigenvalue weighted by atomic mass is 32.1. The van der Waals surface area contributed by atoms with Crippen LogP contribution in [0.25, 0.3) is 10.8 Å². The lowest BCUT2D eigenvalue weighted by Crippen LogP contribution is -2.32. The number of nitrogens with one attached hydrogen (secondary N) is 2. The highest BCUT2D eigenvalue weighted by Gasteiger charge is 2.19. The maximum absolute atomic E-state index is 12.1. The number of fused-ring (bicyclic) bond motifs is 1. The summed E-state index contributed by atoms with van der Waals surface area (Å²) < 4.78 is 16.4. The summed E-state index contributed by atoms with van der Waals surface area (Å²) in [5.41, 5.74) is 1.77. The SMILES string of the molecule is COc1cc(OC)c2c(CNC(=O)OC(C)(C)C)ncc(Nc3nc(C)cs3)c2c1. The molecule has 2 aromatic heterocycles. The Bertz CT molecular complexity index is 1060. The monoisotopic (exact) mass is 430 g/mol. The van der Waals surface area contributed by atoms with Gasteiger partial charge >= 0.3 is 6.09 Å². The van der Waals surface area contributed by atoms with Crippen molar-refractivity contribution in [3.63, 3.8) is 0 Å². The Morgan fingerprint density at radius 3 is 2.57 bits per heavy atom. The van der Waals surface area contributed by atoms with Crippen LogP contribution in [0.2, 0.25) is 0 Å². The number of ether oxygens (including phenoxy) is 3. The van der Waals surface area contributed by atoms with Gasteiger partial charge in [0.15, 0.2) is 5.13 Å². The first kappa shape index (κ1) is 21.6. The summed E-state index contributed by atoms with van der Waals surface area (Å²) in [4.78, 5) is 21.1. The summed E-state index contributed by atoms with van der Waals surface area (Å²) in [6.07, 6.45) is 1.20. The van der Waals surface area contributed by atoms with Crippen molar-refractivity contribution < 1.29 is 19.0 Å². The van der Waals surface area contributed by atoms with E-state index in [0.29, 0.717) is 17.2 Å². The first-order chi connectivity index (χ1) is 14.2. The maximum atomic E-state index is 12.1. The van der Waals surface area contributed by atoms with Crippen LogP contribution in [-0.2, 0) is 11.3 Å². The molecular formula is C21H26N4O4S. The second-order valence-electron chi connectivity index (χ2n) is 7.65. The summed E-state index contributed by atoms with van der Waals surface area (Å²) in [6, 6.07) is 3.69. The smallest absolute Gasteiger partial charge is 0.407 e. The number of thiazole rings is 1. The largest absolute Gasteiger partial charge is 0.497 e. The third-order valence-corrected chi connectivity index (χ3v) is 4.99. The van der Waals surface area contributed by atoms with E-state index < -0.39 is 11.7 Å². The average molecular weight is 431 g/mol. The molecule has 0 aliphatic heterocycles. The predicted molar refractivity (Wildman–Crippen MR) is 118 cm³/mol.